The molecular weight excluding hydrogens is 310 g/mol. The van der Waals surface area contributed by atoms with Crippen molar-refractivity contribution in [2.24, 2.45) is 0 Å². The molecule has 0 amide bonds. The second-order valence-electron chi connectivity index (χ2n) is 4.31. The number of halogens is 6. The third kappa shape index (κ3) is 3.36. The molecule has 0 unspecified atom stereocenters. The molecule has 114 valence electrons. The zero-order valence-electron chi connectivity index (χ0n) is 10.6. The molecule has 0 aliphatic rings. The molecule has 2 nitrogen and oxygen atoms in total. The van der Waals surface area contributed by atoms with E-state index in [0.717, 1.165) is 0 Å². The number of hydrogen-bond donors (Lipinski definition) is 0. The lowest BCUT2D eigenvalue weighted by Crippen LogP contribution is -2.15. The number of nitrogens with zero attached hydrogens (tertiary/aromatic N) is 2. The Balaban J connectivity index is 2.62. The maximum atomic E-state index is 12.7. The molecule has 1 heterocycles. The quantitative estimate of drug-likeness (QED) is 0.718. The van der Waals surface area contributed by atoms with E-state index in [0.29, 0.717) is 12.1 Å². The summed E-state index contributed by atoms with van der Waals surface area (Å²) in [6, 6.07) is 8.03. The van der Waals surface area contributed by atoms with E-state index >= 15 is 0 Å². The molecule has 2 aromatic rings. The minimum absolute atomic E-state index is 0.123. The zero-order chi connectivity index (χ0) is 16.5. The first-order chi connectivity index (χ1) is 10.1. The van der Waals surface area contributed by atoms with Crippen molar-refractivity contribution < 1.29 is 26.3 Å². The molecule has 0 aliphatic carbocycles. The molecule has 22 heavy (non-hydrogen) atoms. The molecular formula is C14H6F6N2. The molecule has 0 saturated heterocycles. The predicted molar refractivity (Wildman–Crippen MR) is 64.4 cm³/mol. The molecule has 0 aliphatic heterocycles. The Morgan fingerprint density at radius 3 is 1.59 bits per heavy atom. The van der Waals surface area contributed by atoms with E-state index in [2.05, 4.69) is 4.98 Å². The van der Waals surface area contributed by atoms with Crippen LogP contribution in [0.2, 0.25) is 0 Å². The first-order valence-electron chi connectivity index (χ1n) is 5.78. The Bertz CT molecular complexity index is 691. The van der Waals surface area contributed by atoms with Crippen LogP contribution in [0, 0.1) is 11.3 Å². The minimum Gasteiger partial charge on any atom is -0.239 e. The Morgan fingerprint density at radius 1 is 0.773 bits per heavy atom. The topological polar surface area (TPSA) is 36.7 Å². The lowest BCUT2D eigenvalue weighted by atomic mass is 10.0. The normalized spacial score (nSPS) is 12.0. The van der Waals surface area contributed by atoms with Gasteiger partial charge in [0.1, 0.15) is 11.4 Å². The second kappa shape index (κ2) is 5.33. The van der Waals surface area contributed by atoms with Crippen LogP contribution in [0.5, 0.6) is 0 Å². The van der Waals surface area contributed by atoms with E-state index in [9.17, 15) is 26.3 Å². The molecule has 8 heteroatoms. The van der Waals surface area contributed by atoms with Gasteiger partial charge < -0.3 is 0 Å². The second-order valence-corrected chi connectivity index (χ2v) is 4.31. The lowest BCUT2D eigenvalue weighted by Gasteiger charge is -2.13. The van der Waals surface area contributed by atoms with Crippen molar-refractivity contribution in [3.8, 4) is 17.2 Å². The van der Waals surface area contributed by atoms with Crippen LogP contribution < -0.4 is 0 Å². The molecule has 0 atom stereocenters. The fraction of sp³-hybridized carbons (Fsp3) is 0.143. The molecule has 0 saturated carbocycles. The predicted octanol–water partition coefficient (Wildman–Crippen LogP) is 4.66. The summed E-state index contributed by atoms with van der Waals surface area (Å²) in [7, 11) is 0. The Labute approximate surface area is 120 Å². The molecule has 1 aromatic heterocycles. The summed E-state index contributed by atoms with van der Waals surface area (Å²) in [6.45, 7) is 0. The fourth-order valence-electron chi connectivity index (χ4n) is 1.72. The average Bonchev–Trinajstić information content (AvgIpc) is 2.45. The number of benzene rings is 1. The van der Waals surface area contributed by atoms with Crippen LogP contribution in [0.25, 0.3) is 11.1 Å². The van der Waals surface area contributed by atoms with Gasteiger partial charge in [0, 0.05) is 0 Å². The van der Waals surface area contributed by atoms with Gasteiger partial charge in [-0.05, 0) is 35.4 Å². The van der Waals surface area contributed by atoms with Crippen molar-refractivity contribution in [3.63, 3.8) is 0 Å². The van der Waals surface area contributed by atoms with Gasteiger partial charge in [0.15, 0.2) is 0 Å². The summed E-state index contributed by atoms with van der Waals surface area (Å²) in [5.74, 6) is 0. The van der Waals surface area contributed by atoms with E-state index in [1.165, 1.54) is 24.3 Å². The summed E-state index contributed by atoms with van der Waals surface area (Å²) >= 11 is 0. The molecule has 0 fully saturated rings. The summed E-state index contributed by atoms with van der Waals surface area (Å²) in [5.41, 5.74) is -3.16. The highest BCUT2D eigenvalue weighted by molar-refractivity contribution is 5.65. The summed E-state index contributed by atoms with van der Waals surface area (Å²) < 4.78 is 76.2. The van der Waals surface area contributed by atoms with Crippen molar-refractivity contribution in [1.29, 1.82) is 5.26 Å². The van der Waals surface area contributed by atoms with Crippen molar-refractivity contribution in [2.45, 2.75) is 12.4 Å². The highest BCUT2D eigenvalue weighted by atomic mass is 19.4. The maximum Gasteiger partial charge on any atom is 0.433 e. The Kier molecular flexibility index (Phi) is 3.83. The van der Waals surface area contributed by atoms with Gasteiger partial charge in [0.25, 0.3) is 0 Å². The van der Waals surface area contributed by atoms with Crippen molar-refractivity contribution in [3.05, 3.63) is 53.3 Å². The first-order valence-corrected chi connectivity index (χ1v) is 5.78. The zero-order valence-corrected chi connectivity index (χ0v) is 10.6. The molecule has 0 spiro atoms. The minimum atomic E-state index is -5.00. The van der Waals surface area contributed by atoms with Crippen molar-refractivity contribution in [1.82, 2.24) is 4.98 Å². The van der Waals surface area contributed by atoms with E-state index in [-0.39, 0.29) is 16.7 Å². The van der Waals surface area contributed by atoms with Crippen LogP contribution in [0.1, 0.15) is 17.0 Å². The lowest BCUT2D eigenvalue weighted by molar-refractivity contribution is -0.150. The monoisotopic (exact) mass is 316 g/mol. The third-order valence-corrected chi connectivity index (χ3v) is 2.75. The van der Waals surface area contributed by atoms with Crippen LogP contribution in [-0.2, 0) is 12.4 Å². The van der Waals surface area contributed by atoms with Crippen LogP contribution in [-0.4, -0.2) is 4.98 Å². The number of alkyl halides is 6. The van der Waals surface area contributed by atoms with Gasteiger partial charge in [-0.15, -0.1) is 0 Å². The van der Waals surface area contributed by atoms with Gasteiger partial charge in [-0.3, -0.25) is 0 Å². The number of pyridine rings is 1. The Hall–Kier alpha value is -2.56. The van der Waals surface area contributed by atoms with Gasteiger partial charge in [-0.25, -0.2) is 4.98 Å². The van der Waals surface area contributed by atoms with E-state index < -0.39 is 23.7 Å². The van der Waals surface area contributed by atoms with Crippen LogP contribution in [0.3, 0.4) is 0 Å². The Morgan fingerprint density at radius 2 is 1.23 bits per heavy atom. The van der Waals surface area contributed by atoms with Crippen LogP contribution >= 0.6 is 0 Å². The number of aromatic nitrogens is 1. The molecule has 2 rings (SSSR count). The van der Waals surface area contributed by atoms with Crippen molar-refractivity contribution in [2.75, 3.05) is 0 Å². The highest BCUT2D eigenvalue weighted by Crippen LogP contribution is 2.36. The largest absolute Gasteiger partial charge is 0.433 e. The van der Waals surface area contributed by atoms with Gasteiger partial charge in [-0.1, -0.05) is 12.1 Å². The van der Waals surface area contributed by atoms with E-state index in [1.54, 1.807) is 6.07 Å². The third-order valence-electron chi connectivity index (χ3n) is 2.75. The SMILES string of the molecule is N#Cc1ccc(-c2cc(C(F)(F)F)nc(C(F)(F)F)c2)cc1. The number of rotatable bonds is 1. The molecule has 0 bridgehead atoms. The number of hydrogen-bond acceptors (Lipinski definition) is 2. The molecule has 0 radical (unpaired) electrons. The van der Waals surface area contributed by atoms with Crippen LogP contribution in [0.15, 0.2) is 36.4 Å². The van der Waals surface area contributed by atoms with Gasteiger partial charge in [0.05, 0.1) is 11.6 Å². The van der Waals surface area contributed by atoms with E-state index in [4.69, 9.17) is 5.26 Å². The fourth-order valence-corrected chi connectivity index (χ4v) is 1.72. The first kappa shape index (κ1) is 15.8. The molecule has 0 N–H and O–H groups in total. The number of nitriles is 1. The summed E-state index contributed by atoms with van der Waals surface area (Å²) in [4.78, 5) is 2.63. The smallest absolute Gasteiger partial charge is 0.239 e. The van der Waals surface area contributed by atoms with Crippen LogP contribution in [0.4, 0.5) is 26.3 Å². The average molecular weight is 316 g/mol. The molecule has 1 aromatic carbocycles. The van der Waals surface area contributed by atoms with Crippen molar-refractivity contribution >= 4 is 0 Å². The van der Waals surface area contributed by atoms with E-state index in [1.807, 2.05) is 0 Å². The van der Waals surface area contributed by atoms with Gasteiger partial charge in [0.2, 0.25) is 0 Å². The standard InChI is InChI=1S/C14H6F6N2/c15-13(16,17)11-5-10(6-12(22-11)14(18,19)20)9-3-1-8(7-21)2-4-9/h1-6H. The highest BCUT2D eigenvalue weighted by Gasteiger charge is 2.38. The maximum absolute atomic E-state index is 12.7. The summed E-state index contributed by atoms with van der Waals surface area (Å²) in [6.07, 6.45) is -9.99. The van der Waals surface area contributed by atoms with Gasteiger partial charge in [-0.2, -0.15) is 31.6 Å². The van der Waals surface area contributed by atoms with Gasteiger partial charge >= 0.3 is 12.4 Å². The summed E-state index contributed by atoms with van der Waals surface area (Å²) in [5, 5.41) is 8.64.